The second-order valence-corrected chi connectivity index (χ2v) is 4.87. The van der Waals surface area contributed by atoms with Crippen molar-refractivity contribution in [2.45, 2.75) is 46.0 Å². The van der Waals surface area contributed by atoms with Gasteiger partial charge in [-0.05, 0) is 36.8 Å². The molecule has 0 aromatic heterocycles. The smallest absolute Gasteiger partial charge is 0.00261 e. The zero-order valence-corrected chi connectivity index (χ0v) is 11.0. The third-order valence-corrected chi connectivity index (χ3v) is 3.52. The van der Waals surface area contributed by atoms with E-state index in [0.717, 1.165) is 6.42 Å². The molecule has 1 aliphatic rings. The van der Waals surface area contributed by atoms with E-state index in [1.54, 1.807) is 16.7 Å². The van der Waals surface area contributed by atoms with Crippen molar-refractivity contribution in [2.75, 3.05) is 0 Å². The van der Waals surface area contributed by atoms with Crippen molar-refractivity contribution in [3.63, 3.8) is 0 Å². The lowest BCUT2D eigenvalue weighted by atomic mass is 9.99. The van der Waals surface area contributed by atoms with Crippen molar-refractivity contribution in [1.82, 2.24) is 0 Å². The molecule has 0 N–H and O–H groups in total. The van der Waals surface area contributed by atoms with E-state index in [1.807, 2.05) is 0 Å². The van der Waals surface area contributed by atoms with E-state index < -0.39 is 0 Å². The van der Waals surface area contributed by atoms with Crippen LogP contribution in [0.1, 0.15) is 45.1 Å². The first-order valence-corrected chi connectivity index (χ1v) is 6.77. The first-order chi connectivity index (χ1) is 8.33. The average Bonchev–Trinajstić information content (AvgIpc) is 2.74. The first-order valence-electron chi connectivity index (χ1n) is 6.77. The fraction of sp³-hybridized carbons (Fsp3) is 0.412. The Hall–Kier alpha value is -1.30. The van der Waals surface area contributed by atoms with Crippen LogP contribution in [-0.4, -0.2) is 0 Å². The van der Waals surface area contributed by atoms with Gasteiger partial charge in [0.1, 0.15) is 0 Å². The molecule has 0 spiro atoms. The van der Waals surface area contributed by atoms with Crippen LogP contribution in [-0.2, 0) is 6.42 Å². The minimum Gasteiger partial charge on any atom is -0.0661 e. The van der Waals surface area contributed by atoms with Crippen LogP contribution in [0.25, 0.3) is 0 Å². The van der Waals surface area contributed by atoms with Crippen LogP contribution >= 0.6 is 0 Å². The highest BCUT2D eigenvalue weighted by Gasteiger charge is 2.14. The molecule has 0 atom stereocenters. The Morgan fingerprint density at radius 1 is 1.06 bits per heavy atom. The standard InChI is InChI=1S/C17H22/c1-3-8-16-11-14(4-2)12-17(16)13-15-9-6-5-7-10-15/h5-7,9-10,12H,3-4,8,11,13H2,1-2H3. The third-order valence-electron chi connectivity index (χ3n) is 3.52. The summed E-state index contributed by atoms with van der Waals surface area (Å²) in [6.07, 6.45) is 8.51. The molecule has 0 heteroatoms. The summed E-state index contributed by atoms with van der Waals surface area (Å²) in [5.74, 6) is 0. The number of hydrogen-bond donors (Lipinski definition) is 0. The summed E-state index contributed by atoms with van der Waals surface area (Å²) in [6.45, 7) is 4.54. The fourth-order valence-electron chi connectivity index (χ4n) is 2.56. The Morgan fingerprint density at radius 3 is 2.47 bits per heavy atom. The fourth-order valence-corrected chi connectivity index (χ4v) is 2.56. The molecule has 0 heterocycles. The van der Waals surface area contributed by atoms with Crippen LogP contribution < -0.4 is 0 Å². The van der Waals surface area contributed by atoms with Crippen LogP contribution in [0, 0.1) is 0 Å². The van der Waals surface area contributed by atoms with Crippen LogP contribution in [0.3, 0.4) is 0 Å². The van der Waals surface area contributed by atoms with Crippen LogP contribution in [0.5, 0.6) is 0 Å². The van der Waals surface area contributed by atoms with E-state index in [4.69, 9.17) is 0 Å². The second kappa shape index (κ2) is 5.86. The first kappa shape index (κ1) is 12.2. The molecule has 2 rings (SSSR count). The molecule has 17 heavy (non-hydrogen) atoms. The Morgan fingerprint density at radius 2 is 1.82 bits per heavy atom. The van der Waals surface area contributed by atoms with Crippen LogP contribution in [0.2, 0.25) is 0 Å². The van der Waals surface area contributed by atoms with Gasteiger partial charge in [-0.2, -0.15) is 0 Å². The van der Waals surface area contributed by atoms with Gasteiger partial charge in [-0.3, -0.25) is 0 Å². The number of benzene rings is 1. The number of allylic oxidation sites excluding steroid dienone is 4. The van der Waals surface area contributed by atoms with Gasteiger partial charge in [0.25, 0.3) is 0 Å². The van der Waals surface area contributed by atoms with E-state index in [0.29, 0.717) is 0 Å². The minimum atomic E-state index is 1.11. The van der Waals surface area contributed by atoms with Gasteiger partial charge >= 0.3 is 0 Å². The van der Waals surface area contributed by atoms with E-state index in [9.17, 15) is 0 Å². The zero-order chi connectivity index (χ0) is 12.1. The number of rotatable bonds is 5. The molecule has 0 saturated heterocycles. The molecule has 1 aliphatic carbocycles. The monoisotopic (exact) mass is 226 g/mol. The summed E-state index contributed by atoms with van der Waals surface area (Å²) in [4.78, 5) is 0. The molecular weight excluding hydrogens is 204 g/mol. The van der Waals surface area contributed by atoms with E-state index >= 15 is 0 Å². The van der Waals surface area contributed by atoms with Crippen molar-refractivity contribution in [3.8, 4) is 0 Å². The van der Waals surface area contributed by atoms with E-state index in [1.165, 1.54) is 31.2 Å². The normalized spacial score (nSPS) is 15.3. The maximum Gasteiger partial charge on any atom is -0.00261 e. The van der Waals surface area contributed by atoms with Crippen molar-refractivity contribution < 1.29 is 0 Å². The van der Waals surface area contributed by atoms with Crippen LogP contribution in [0.4, 0.5) is 0 Å². The van der Waals surface area contributed by atoms with E-state index in [-0.39, 0.29) is 0 Å². The molecule has 0 aliphatic heterocycles. The Bertz CT molecular complexity index is 421. The van der Waals surface area contributed by atoms with Gasteiger partial charge in [-0.15, -0.1) is 0 Å². The Balaban J connectivity index is 2.15. The highest BCUT2D eigenvalue weighted by molar-refractivity contribution is 5.42. The maximum atomic E-state index is 2.44. The van der Waals surface area contributed by atoms with Gasteiger partial charge in [0.05, 0.1) is 0 Å². The molecule has 0 amide bonds. The van der Waals surface area contributed by atoms with Crippen molar-refractivity contribution in [1.29, 1.82) is 0 Å². The van der Waals surface area contributed by atoms with Gasteiger partial charge in [0.15, 0.2) is 0 Å². The average molecular weight is 226 g/mol. The van der Waals surface area contributed by atoms with Gasteiger partial charge < -0.3 is 0 Å². The van der Waals surface area contributed by atoms with Gasteiger partial charge in [0.2, 0.25) is 0 Å². The Kier molecular flexibility index (Phi) is 4.19. The number of hydrogen-bond acceptors (Lipinski definition) is 0. The predicted molar refractivity (Wildman–Crippen MR) is 75.1 cm³/mol. The molecule has 90 valence electrons. The zero-order valence-electron chi connectivity index (χ0n) is 11.0. The lowest BCUT2D eigenvalue weighted by Crippen LogP contribution is -1.90. The summed E-state index contributed by atoms with van der Waals surface area (Å²) in [7, 11) is 0. The molecule has 1 aromatic rings. The topological polar surface area (TPSA) is 0 Å². The summed E-state index contributed by atoms with van der Waals surface area (Å²) in [6, 6.07) is 10.8. The largest absolute Gasteiger partial charge is 0.0661 e. The molecule has 0 nitrogen and oxygen atoms in total. The molecule has 0 saturated carbocycles. The highest BCUT2D eigenvalue weighted by atomic mass is 14.2. The van der Waals surface area contributed by atoms with Crippen LogP contribution in [0.15, 0.2) is 53.1 Å². The molecule has 0 fully saturated rings. The quantitative estimate of drug-likeness (QED) is 0.658. The highest BCUT2D eigenvalue weighted by Crippen LogP contribution is 2.32. The summed E-state index contributed by atoms with van der Waals surface area (Å²) in [5, 5.41) is 0. The maximum absolute atomic E-state index is 2.44. The predicted octanol–water partition coefficient (Wildman–Crippen LogP) is 5.07. The molecular formula is C17H22. The molecule has 1 aromatic carbocycles. The molecule has 0 radical (unpaired) electrons. The Labute approximate surface area is 105 Å². The molecule has 0 bridgehead atoms. The summed E-state index contributed by atoms with van der Waals surface area (Å²) in [5.41, 5.74) is 6.30. The minimum absolute atomic E-state index is 1.11. The summed E-state index contributed by atoms with van der Waals surface area (Å²) >= 11 is 0. The lowest BCUT2D eigenvalue weighted by Gasteiger charge is -2.06. The third kappa shape index (κ3) is 3.09. The van der Waals surface area contributed by atoms with Crippen molar-refractivity contribution >= 4 is 0 Å². The SMILES string of the molecule is CCCC1=C(Cc2ccccc2)C=C(CC)C1. The van der Waals surface area contributed by atoms with Gasteiger partial charge in [-0.1, -0.05) is 67.8 Å². The summed E-state index contributed by atoms with van der Waals surface area (Å²) < 4.78 is 0. The van der Waals surface area contributed by atoms with Crippen molar-refractivity contribution in [2.24, 2.45) is 0 Å². The molecule has 0 unspecified atom stereocenters. The lowest BCUT2D eigenvalue weighted by molar-refractivity contribution is 0.853. The van der Waals surface area contributed by atoms with Gasteiger partial charge in [0, 0.05) is 0 Å². The van der Waals surface area contributed by atoms with E-state index in [2.05, 4.69) is 50.3 Å². The van der Waals surface area contributed by atoms with Crippen molar-refractivity contribution in [3.05, 3.63) is 58.7 Å². The second-order valence-electron chi connectivity index (χ2n) is 4.87. The van der Waals surface area contributed by atoms with Gasteiger partial charge in [-0.25, -0.2) is 0 Å².